The van der Waals surface area contributed by atoms with Crippen molar-refractivity contribution in [1.29, 1.82) is 0 Å². The van der Waals surface area contributed by atoms with Crippen LogP contribution in [0.1, 0.15) is 23.2 Å². The Labute approximate surface area is 80.7 Å². The van der Waals surface area contributed by atoms with Gasteiger partial charge in [-0.3, -0.25) is 9.89 Å². The number of nitrogens with one attached hydrogen (secondary N) is 2. The average molecular weight is 200 g/mol. The second-order valence-corrected chi connectivity index (χ2v) is 3.62. The van der Waals surface area contributed by atoms with Gasteiger partial charge in [-0.2, -0.15) is 5.10 Å². The molecule has 1 fully saturated rings. The normalized spacial score (nSPS) is 18.2. The molecule has 2 N–H and O–H groups in total. The lowest BCUT2D eigenvalue weighted by Gasteiger charge is -2.12. The van der Waals surface area contributed by atoms with E-state index < -0.39 is 0 Å². The van der Waals surface area contributed by atoms with Crippen molar-refractivity contribution in [3.63, 3.8) is 0 Å². The average Bonchev–Trinajstić information content (AvgIpc) is 2.69. The Morgan fingerprint density at radius 2 is 2.54 bits per heavy atom. The van der Waals surface area contributed by atoms with Crippen LogP contribution in [0, 0.1) is 0 Å². The molecule has 0 bridgehead atoms. The van der Waals surface area contributed by atoms with Gasteiger partial charge >= 0.3 is 0 Å². The molecular weight excluding hydrogens is 190 g/mol. The number of carbonyl (C=O) groups excluding carboxylic acids is 1. The maximum absolute atomic E-state index is 11.5. The number of carbonyl (C=O) groups is 1. The molecule has 70 valence electrons. The van der Waals surface area contributed by atoms with Crippen LogP contribution in [-0.4, -0.2) is 27.5 Å². The molecule has 0 spiro atoms. The van der Waals surface area contributed by atoms with E-state index in [2.05, 4.69) is 15.5 Å². The first-order valence-electron chi connectivity index (χ1n) is 4.13. The summed E-state index contributed by atoms with van der Waals surface area (Å²) in [7, 11) is 0. The first-order chi connectivity index (χ1) is 6.26. The second kappa shape index (κ2) is 3.03. The number of rotatable bonds is 3. The third-order valence-electron chi connectivity index (χ3n) is 2.25. The van der Waals surface area contributed by atoms with Crippen molar-refractivity contribution in [2.75, 3.05) is 5.88 Å². The molecule has 1 aromatic heterocycles. The van der Waals surface area contributed by atoms with Crippen molar-refractivity contribution in [3.05, 3.63) is 18.0 Å². The summed E-state index contributed by atoms with van der Waals surface area (Å²) in [5, 5.41) is 9.18. The van der Waals surface area contributed by atoms with Gasteiger partial charge in [-0.05, 0) is 12.8 Å². The van der Waals surface area contributed by atoms with E-state index in [0.29, 0.717) is 11.4 Å². The minimum absolute atomic E-state index is 0.105. The van der Waals surface area contributed by atoms with Gasteiger partial charge in [-0.1, -0.05) is 0 Å². The SMILES string of the molecule is O=C(NC1(CCl)CC1)c1cn[nH]c1. The van der Waals surface area contributed by atoms with Crippen LogP contribution in [0.15, 0.2) is 12.4 Å². The Morgan fingerprint density at radius 3 is 3.00 bits per heavy atom. The van der Waals surface area contributed by atoms with Crippen LogP contribution in [0.3, 0.4) is 0 Å². The van der Waals surface area contributed by atoms with Crippen LogP contribution < -0.4 is 5.32 Å². The number of halogens is 1. The number of aromatic nitrogens is 2. The summed E-state index contributed by atoms with van der Waals surface area (Å²) < 4.78 is 0. The van der Waals surface area contributed by atoms with Gasteiger partial charge in [0.15, 0.2) is 0 Å². The number of amides is 1. The number of hydrogen-bond donors (Lipinski definition) is 2. The molecule has 0 aliphatic heterocycles. The molecule has 0 aromatic carbocycles. The highest BCUT2D eigenvalue weighted by Crippen LogP contribution is 2.36. The number of H-pyrrole nitrogens is 1. The minimum Gasteiger partial charge on any atom is -0.345 e. The third kappa shape index (κ3) is 1.67. The van der Waals surface area contributed by atoms with Crippen molar-refractivity contribution < 1.29 is 4.79 Å². The molecule has 5 heteroatoms. The molecule has 1 aromatic rings. The third-order valence-corrected chi connectivity index (χ3v) is 2.76. The van der Waals surface area contributed by atoms with E-state index in [1.165, 1.54) is 6.20 Å². The van der Waals surface area contributed by atoms with E-state index in [9.17, 15) is 4.79 Å². The molecule has 1 amide bonds. The zero-order valence-corrected chi connectivity index (χ0v) is 7.77. The van der Waals surface area contributed by atoms with Gasteiger partial charge in [0.25, 0.3) is 5.91 Å². The van der Waals surface area contributed by atoms with Gasteiger partial charge in [0.05, 0.1) is 17.3 Å². The summed E-state index contributed by atoms with van der Waals surface area (Å²) in [6.07, 6.45) is 5.01. The van der Waals surface area contributed by atoms with Gasteiger partial charge in [0.1, 0.15) is 0 Å². The molecule has 1 heterocycles. The van der Waals surface area contributed by atoms with E-state index in [4.69, 9.17) is 11.6 Å². The summed E-state index contributed by atoms with van der Waals surface area (Å²) in [6, 6.07) is 0. The Kier molecular flexibility index (Phi) is 2.00. The highest BCUT2D eigenvalue weighted by Gasteiger charge is 2.43. The fourth-order valence-corrected chi connectivity index (χ4v) is 1.47. The molecule has 13 heavy (non-hydrogen) atoms. The molecule has 1 saturated carbocycles. The molecule has 0 unspecified atom stereocenters. The van der Waals surface area contributed by atoms with Gasteiger partial charge in [0, 0.05) is 12.1 Å². The molecule has 0 atom stereocenters. The first-order valence-corrected chi connectivity index (χ1v) is 4.66. The van der Waals surface area contributed by atoms with Crippen molar-refractivity contribution in [1.82, 2.24) is 15.5 Å². The van der Waals surface area contributed by atoms with Crippen molar-refractivity contribution in [2.24, 2.45) is 0 Å². The monoisotopic (exact) mass is 199 g/mol. The standard InChI is InChI=1S/C8H10ClN3O/c9-5-8(1-2-8)12-7(13)6-3-10-11-4-6/h3-4H,1-2,5H2,(H,10,11)(H,12,13). The summed E-state index contributed by atoms with van der Waals surface area (Å²) >= 11 is 5.72. The van der Waals surface area contributed by atoms with Crippen molar-refractivity contribution in [2.45, 2.75) is 18.4 Å². The molecule has 1 aliphatic rings. The number of nitrogens with zero attached hydrogens (tertiary/aromatic N) is 1. The zero-order chi connectivity index (χ0) is 9.31. The maximum atomic E-state index is 11.5. The van der Waals surface area contributed by atoms with E-state index in [0.717, 1.165) is 12.8 Å². The smallest absolute Gasteiger partial charge is 0.254 e. The summed E-state index contributed by atoms with van der Waals surface area (Å²) in [6.45, 7) is 0. The number of alkyl halides is 1. The van der Waals surface area contributed by atoms with E-state index in [1.54, 1.807) is 6.20 Å². The molecule has 0 radical (unpaired) electrons. The van der Waals surface area contributed by atoms with Gasteiger partial charge < -0.3 is 5.32 Å². The Hall–Kier alpha value is -1.03. The summed E-state index contributed by atoms with van der Waals surface area (Å²) in [5.41, 5.74) is 0.409. The van der Waals surface area contributed by atoms with Crippen LogP contribution in [-0.2, 0) is 0 Å². The van der Waals surface area contributed by atoms with Crippen molar-refractivity contribution in [3.8, 4) is 0 Å². The van der Waals surface area contributed by atoms with Crippen molar-refractivity contribution >= 4 is 17.5 Å². The first kappa shape index (κ1) is 8.56. The lowest BCUT2D eigenvalue weighted by atomic mass is 10.2. The number of hydrogen-bond acceptors (Lipinski definition) is 2. The highest BCUT2D eigenvalue weighted by molar-refractivity contribution is 6.19. The fraction of sp³-hybridized carbons (Fsp3) is 0.500. The van der Waals surface area contributed by atoms with E-state index >= 15 is 0 Å². The van der Waals surface area contributed by atoms with Gasteiger partial charge in [-0.15, -0.1) is 11.6 Å². The van der Waals surface area contributed by atoms with E-state index in [-0.39, 0.29) is 11.4 Å². The molecule has 1 aliphatic carbocycles. The Bertz CT molecular complexity index is 305. The number of aromatic amines is 1. The van der Waals surface area contributed by atoms with Gasteiger partial charge in [0.2, 0.25) is 0 Å². The molecule has 0 saturated heterocycles. The highest BCUT2D eigenvalue weighted by atomic mass is 35.5. The minimum atomic E-state index is -0.143. The summed E-state index contributed by atoms with van der Waals surface area (Å²) in [4.78, 5) is 11.5. The second-order valence-electron chi connectivity index (χ2n) is 3.36. The molecule has 4 nitrogen and oxygen atoms in total. The Morgan fingerprint density at radius 1 is 1.77 bits per heavy atom. The quantitative estimate of drug-likeness (QED) is 0.711. The predicted molar refractivity (Wildman–Crippen MR) is 48.7 cm³/mol. The topological polar surface area (TPSA) is 57.8 Å². The Balaban J connectivity index is 2.00. The van der Waals surface area contributed by atoms with Crippen LogP contribution >= 0.6 is 11.6 Å². The lowest BCUT2D eigenvalue weighted by molar-refractivity contribution is 0.0936. The fourth-order valence-electron chi connectivity index (χ4n) is 1.13. The largest absolute Gasteiger partial charge is 0.345 e. The van der Waals surface area contributed by atoms with Crippen LogP contribution in [0.4, 0.5) is 0 Å². The van der Waals surface area contributed by atoms with Crippen LogP contribution in [0.25, 0.3) is 0 Å². The van der Waals surface area contributed by atoms with Crippen LogP contribution in [0.5, 0.6) is 0 Å². The maximum Gasteiger partial charge on any atom is 0.254 e. The molecular formula is C8H10ClN3O. The summed E-state index contributed by atoms with van der Waals surface area (Å²) in [5.74, 6) is 0.378. The predicted octanol–water partition coefficient (Wildman–Crippen LogP) is 0.911. The zero-order valence-electron chi connectivity index (χ0n) is 7.01. The van der Waals surface area contributed by atoms with E-state index in [1.807, 2.05) is 0 Å². The van der Waals surface area contributed by atoms with Gasteiger partial charge in [-0.25, -0.2) is 0 Å². The lowest BCUT2D eigenvalue weighted by Crippen LogP contribution is -2.38. The molecule has 2 rings (SSSR count). The van der Waals surface area contributed by atoms with Crippen LogP contribution in [0.2, 0.25) is 0 Å².